The number of benzene rings is 2. The molecule has 0 bridgehead atoms. The van der Waals surface area contributed by atoms with Gasteiger partial charge in [-0.1, -0.05) is 6.07 Å². The summed E-state index contributed by atoms with van der Waals surface area (Å²) in [6.45, 7) is 0.713. The Morgan fingerprint density at radius 3 is 2.61 bits per heavy atom. The molecule has 170 valence electrons. The van der Waals surface area contributed by atoms with Crippen LogP contribution < -0.4 is 10.9 Å². The normalized spacial score (nSPS) is 15.9. The molecule has 0 aliphatic carbocycles. The van der Waals surface area contributed by atoms with Crippen molar-refractivity contribution in [1.29, 1.82) is 0 Å². The zero-order valence-electron chi connectivity index (χ0n) is 17.3. The number of alkyl halides is 2. The van der Waals surface area contributed by atoms with Crippen LogP contribution in [0.15, 0.2) is 41.2 Å². The molecule has 3 heterocycles. The summed E-state index contributed by atoms with van der Waals surface area (Å²) in [6, 6.07) is 6.82. The summed E-state index contributed by atoms with van der Waals surface area (Å²) in [5.74, 6) is -2.10. The van der Waals surface area contributed by atoms with Gasteiger partial charge in [0.15, 0.2) is 0 Å². The van der Waals surface area contributed by atoms with E-state index in [1.54, 1.807) is 7.05 Å². The van der Waals surface area contributed by atoms with Gasteiger partial charge < -0.3 is 20.2 Å². The predicted octanol–water partition coefficient (Wildman–Crippen LogP) is 4.14. The molecule has 2 aromatic carbocycles. The molecule has 0 saturated heterocycles. The number of halogens is 4. The minimum Gasteiger partial charge on any atom is -0.351 e. The lowest BCUT2D eigenvalue weighted by molar-refractivity contribution is 0.0718. The molecule has 10 heteroatoms. The van der Waals surface area contributed by atoms with E-state index in [9.17, 15) is 27.2 Å². The predicted molar refractivity (Wildman–Crippen MR) is 114 cm³/mol. The van der Waals surface area contributed by atoms with E-state index in [1.165, 1.54) is 29.2 Å². The molecule has 3 N–H and O–H groups in total. The van der Waals surface area contributed by atoms with Crippen molar-refractivity contribution in [3.8, 4) is 0 Å². The van der Waals surface area contributed by atoms with Crippen LogP contribution in [0.25, 0.3) is 21.7 Å². The van der Waals surface area contributed by atoms with Crippen LogP contribution in [0.2, 0.25) is 0 Å². The highest BCUT2D eigenvalue weighted by Gasteiger charge is 2.31. The van der Waals surface area contributed by atoms with E-state index >= 15 is 0 Å². The Hall–Kier alpha value is -3.66. The number of nitrogens with zero attached hydrogens (tertiary/aromatic N) is 1. The summed E-state index contributed by atoms with van der Waals surface area (Å²) in [7, 11) is 1.55. The van der Waals surface area contributed by atoms with E-state index in [2.05, 4.69) is 15.3 Å². The van der Waals surface area contributed by atoms with Gasteiger partial charge in [0, 0.05) is 42.3 Å². The minimum absolute atomic E-state index is 0.0203. The molecule has 0 saturated carbocycles. The second-order valence-electron chi connectivity index (χ2n) is 8.01. The van der Waals surface area contributed by atoms with Crippen molar-refractivity contribution in [2.75, 3.05) is 13.6 Å². The van der Waals surface area contributed by atoms with Crippen molar-refractivity contribution in [1.82, 2.24) is 20.2 Å². The van der Waals surface area contributed by atoms with E-state index in [4.69, 9.17) is 0 Å². The van der Waals surface area contributed by atoms with Crippen LogP contribution in [0.1, 0.15) is 39.8 Å². The van der Waals surface area contributed by atoms with Gasteiger partial charge in [0.25, 0.3) is 17.9 Å². The van der Waals surface area contributed by atoms with Gasteiger partial charge in [0.05, 0.1) is 17.0 Å². The highest BCUT2D eigenvalue weighted by Crippen LogP contribution is 2.34. The Kier molecular flexibility index (Phi) is 4.97. The van der Waals surface area contributed by atoms with Gasteiger partial charge in [-0.3, -0.25) is 9.59 Å². The first-order valence-electron chi connectivity index (χ1n) is 10.2. The molecule has 1 aliphatic rings. The highest BCUT2D eigenvalue weighted by atomic mass is 19.3. The average Bonchev–Trinajstić information content (AvgIpc) is 3.21. The number of amides is 1. The number of pyridine rings is 1. The lowest BCUT2D eigenvalue weighted by Gasteiger charge is -2.34. The van der Waals surface area contributed by atoms with Crippen molar-refractivity contribution >= 4 is 27.6 Å². The van der Waals surface area contributed by atoms with E-state index < -0.39 is 41.1 Å². The van der Waals surface area contributed by atoms with Crippen molar-refractivity contribution in [2.24, 2.45) is 0 Å². The monoisotopic (exact) mass is 458 g/mol. The summed E-state index contributed by atoms with van der Waals surface area (Å²) >= 11 is 0. The lowest BCUT2D eigenvalue weighted by Crippen LogP contribution is -2.42. The van der Waals surface area contributed by atoms with Crippen LogP contribution in [-0.2, 0) is 6.54 Å². The fourth-order valence-corrected chi connectivity index (χ4v) is 4.53. The number of nitrogens with one attached hydrogen (secondary N) is 3. The van der Waals surface area contributed by atoms with Crippen molar-refractivity contribution < 1.29 is 22.4 Å². The van der Waals surface area contributed by atoms with Crippen LogP contribution in [0, 0.1) is 11.6 Å². The molecule has 33 heavy (non-hydrogen) atoms. The smallest absolute Gasteiger partial charge is 0.270 e. The fourth-order valence-electron chi connectivity index (χ4n) is 4.53. The first-order valence-corrected chi connectivity index (χ1v) is 10.2. The van der Waals surface area contributed by atoms with Gasteiger partial charge in [-0.15, -0.1) is 0 Å². The number of hydrogen-bond acceptors (Lipinski definition) is 3. The van der Waals surface area contributed by atoms with Gasteiger partial charge in [-0.2, -0.15) is 0 Å². The Morgan fingerprint density at radius 2 is 1.85 bits per heavy atom. The number of likely N-dealkylation sites (N-methyl/N-ethyl adjacent to an activating group) is 1. The zero-order chi connectivity index (χ0) is 23.4. The number of aromatic amines is 2. The number of fused-ring (bicyclic) bond motifs is 4. The molecular formula is C23H18F4N4O2. The second kappa shape index (κ2) is 7.73. The van der Waals surface area contributed by atoms with Crippen LogP contribution in [0.5, 0.6) is 0 Å². The molecule has 0 unspecified atom stereocenters. The fraction of sp³-hybridized carbons (Fsp3) is 0.217. The summed E-state index contributed by atoms with van der Waals surface area (Å²) < 4.78 is 54.5. The molecule has 0 radical (unpaired) electrons. The zero-order valence-corrected chi connectivity index (χ0v) is 17.3. The first kappa shape index (κ1) is 21.2. The molecule has 0 fully saturated rings. The van der Waals surface area contributed by atoms with Crippen LogP contribution >= 0.6 is 0 Å². The van der Waals surface area contributed by atoms with Crippen molar-refractivity contribution in [2.45, 2.75) is 19.0 Å². The van der Waals surface area contributed by atoms with E-state index in [0.717, 1.165) is 12.1 Å². The average molecular weight is 458 g/mol. The van der Waals surface area contributed by atoms with Gasteiger partial charge in [-0.25, -0.2) is 17.6 Å². The molecule has 4 aromatic rings. The third-order valence-corrected chi connectivity index (χ3v) is 6.11. The number of aromatic nitrogens is 2. The van der Waals surface area contributed by atoms with Crippen LogP contribution in [-0.4, -0.2) is 34.4 Å². The van der Waals surface area contributed by atoms with Gasteiger partial charge in [0.2, 0.25) is 0 Å². The maximum absolute atomic E-state index is 14.0. The van der Waals surface area contributed by atoms with Crippen molar-refractivity contribution in [3.05, 3.63) is 80.9 Å². The van der Waals surface area contributed by atoms with Crippen molar-refractivity contribution in [3.63, 3.8) is 0 Å². The summed E-state index contributed by atoms with van der Waals surface area (Å²) in [5.41, 5.74) is 0.295. The molecule has 1 amide bonds. The Morgan fingerprint density at radius 1 is 1.06 bits per heavy atom. The number of carbonyl (C=O) groups is 1. The first-order chi connectivity index (χ1) is 15.8. The largest absolute Gasteiger partial charge is 0.351 e. The second-order valence-corrected chi connectivity index (χ2v) is 8.01. The molecular weight excluding hydrogens is 440 g/mol. The van der Waals surface area contributed by atoms with Crippen LogP contribution in [0.4, 0.5) is 17.6 Å². The molecule has 1 aliphatic heterocycles. The molecule has 5 rings (SSSR count). The lowest BCUT2D eigenvalue weighted by atomic mass is 9.94. The number of hydrogen-bond donors (Lipinski definition) is 3. The Labute approximate surface area is 184 Å². The number of carbonyl (C=O) groups excluding carboxylic acids is 1. The topological polar surface area (TPSA) is 81.0 Å². The van der Waals surface area contributed by atoms with E-state index in [1.807, 2.05) is 0 Å². The minimum atomic E-state index is -3.04. The Balaban J connectivity index is 1.59. The summed E-state index contributed by atoms with van der Waals surface area (Å²) in [5, 5.41) is 3.78. The maximum atomic E-state index is 14.0. The molecule has 6 nitrogen and oxygen atoms in total. The highest BCUT2D eigenvalue weighted by molar-refractivity contribution is 5.99. The quantitative estimate of drug-likeness (QED) is 0.404. The standard InChI is InChI=1S/C23H18F4N4O2/c1-31(23(33)16-7-13-15(29-16)5-4-14(25)19(13)21(26)27)18-9-28-8-17-20(18)11-3-2-10(24)6-12(11)22(32)30-17/h2-7,18,21,28-29H,8-9H2,1H3,(H,30,32)/t18-/m1/s1. The number of H-pyrrole nitrogens is 2. The summed E-state index contributed by atoms with van der Waals surface area (Å²) in [6.07, 6.45) is -3.04. The van der Waals surface area contributed by atoms with Gasteiger partial charge in [0.1, 0.15) is 17.3 Å². The SMILES string of the molecule is CN(C(=O)c1cc2c(C(F)F)c(F)ccc2[nH]1)[C@@H]1CNCc2[nH]c(=O)c3cc(F)ccc3c21. The van der Waals surface area contributed by atoms with E-state index in [-0.39, 0.29) is 22.0 Å². The maximum Gasteiger partial charge on any atom is 0.270 e. The van der Waals surface area contributed by atoms with Gasteiger partial charge in [-0.05, 0) is 35.7 Å². The van der Waals surface area contributed by atoms with Gasteiger partial charge >= 0.3 is 0 Å². The molecule has 1 atom stereocenters. The van der Waals surface area contributed by atoms with E-state index in [0.29, 0.717) is 29.7 Å². The molecule has 0 spiro atoms. The summed E-state index contributed by atoms with van der Waals surface area (Å²) in [4.78, 5) is 32.7. The number of rotatable bonds is 3. The van der Waals surface area contributed by atoms with Crippen LogP contribution in [0.3, 0.4) is 0 Å². The third kappa shape index (κ3) is 3.37. The molecule has 2 aromatic heterocycles. The Bertz CT molecular complexity index is 1480. The third-order valence-electron chi connectivity index (χ3n) is 6.11.